The molecule has 0 fully saturated rings. The van der Waals surface area contributed by atoms with Gasteiger partial charge >= 0.3 is 0 Å². The van der Waals surface area contributed by atoms with Crippen LogP contribution in [-0.2, 0) is 0 Å². The predicted molar refractivity (Wildman–Crippen MR) is 77.7 cm³/mol. The molecule has 0 unspecified atom stereocenters. The normalized spacial score (nSPS) is 11.2. The molecule has 2 aromatic carbocycles. The lowest BCUT2D eigenvalue weighted by molar-refractivity contribution is 0.586. The standard InChI is InChI=1S/C16H11N3O/c17-10-12(11-18-13-6-2-1-3-7-13)16-19-14-8-4-5-9-15(14)20-16/h1-9,11,18H. The van der Waals surface area contributed by atoms with Crippen molar-refractivity contribution in [2.75, 3.05) is 5.32 Å². The lowest BCUT2D eigenvalue weighted by Crippen LogP contribution is -1.90. The second-order valence-corrected chi connectivity index (χ2v) is 4.17. The number of oxazole rings is 1. The van der Waals surface area contributed by atoms with E-state index in [0.717, 1.165) is 11.2 Å². The number of benzene rings is 2. The van der Waals surface area contributed by atoms with E-state index in [1.54, 1.807) is 6.20 Å². The van der Waals surface area contributed by atoms with Gasteiger partial charge in [0.1, 0.15) is 17.2 Å². The highest BCUT2D eigenvalue weighted by Gasteiger charge is 2.09. The van der Waals surface area contributed by atoms with Gasteiger partial charge in [-0.1, -0.05) is 30.3 Å². The molecule has 0 aliphatic heterocycles. The van der Waals surface area contributed by atoms with Gasteiger partial charge in [0.25, 0.3) is 0 Å². The molecule has 3 rings (SSSR count). The summed E-state index contributed by atoms with van der Waals surface area (Å²) in [5, 5.41) is 12.3. The van der Waals surface area contributed by atoms with E-state index in [0.29, 0.717) is 17.0 Å². The molecule has 0 aliphatic carbocycles. The van der Waals surface area contributed by atoms with Crippen molar-refractivity contribution in [3.05, 3.63) is 66.7 Å². The van der Waals surface area contributed by atoms with Crippen molar-refractivity contribution in [3.63, 3.8) is 0 Å². The Labute approximate surface area is 116 Å². The molecule has 0 spiro atoms. The molecule has 0 radical (unpaired) electrons. The van der Waals surface area contributed by atoms with Gasteiger partial charge in [0.2, 0.25) is 5.89 Å². The van der Waals surface area contributed by atoms with Gasteiger partial charge < -0.3 is 9.73 Å². The number of nitrogens with zero attached hydrogens (tertiary/aromatic N) is 2. The molecule has 0 saturated carbocycles. The van der Waals surface area contributed by atoms with Crippen LogP contribution >= 0.6 is 0 Å². The number of hydrogen-bond acceptors (Lipinski definition) is 4. The Morgan fingerprint density at radius 1 is 1.10 bits per heavy atom. The van der Waals surface area contributed by atoms with Crippen molar-refractivity contribution in [1.82, 2.24) is 4.98 Å². The summed E-state index contributed by atoms with van der Waals surface area (Å²) in [7, 11) is 0. The van der Waals surface area contributed by atoms with Crippen molar-refractivity contribution in [2.45, 2.75) is 0 Å². The summed E-state index contributed by atoms with van der Waals surface area (Å²) >= 11 is 0. The van der Waals surface area contributed by atoms with Crippen LogP contribution in [0.25, 0.3) is 16.7 Å². The molecular weight excluding hydrogens is 250 g/mol. The molecule has 0 bridgehead atoms. The van der Waals surface area contributed by atoms with E-state index in [-0.39, 0.29) is 0 Å². The molecule has 96 valence electrons. The zero-order chi connectivity index (χ0) is 13.8. The van der Waals surface area contributed by atoms with E-state index in [1.165, 1.54) is 0 Å². The Hall–Kier alpha value is -3.06. The van der Waals surface area contributed by atoms with Crippen molar-refractivity contribution in [3.8, 4) is 6.07 Å². The number of nitriles is 1. The monoisotopic (exact) mass is 261 g/mol. The van der Waals surface area contributed by atoms with Crippen LogP contribution < -0.4 is 5.32 Å². The van der Waals surface area contributed by atoms with Crippen LogP contribution in [-0.4, -0.2) is 4.98 Å². The maximum absolute atomic E-state index is 9.22. The van der Waals surface area contributed by atoms with Gasteiger partial charge in [-0.3, -0.25) is 0 Å². The zero-order valence-corrected chi connectivity index (χ0v) is 10.6. The summed E-state index contributed by atoms with van der Waals surface area (Å²) in [4.78, 5) is 4.30. The maximum atomic E-state index is 9.22. The topological polar surface area (TPSA) is 61.9 Å². The minimum absolute atomic E-state index is 0.317. The SMILES string of the molecule is N#CC(=CNc1ccccc1)c1nc2ccccc2o1. The van der Waals surface area contributed by atoms with Crippen molar-refractivity contribution in [1.29, 1.82) is 5.26 Å². The average Bonchev–Trinajstić information content (AvgIpc) is 2.92. The Kier molecular flexibility index (Phi) is 3.17. The molecule has 1 heterocycles. The quantitative estimate of drug-likeness (QED) is 0.728. The molecule has 4 heteroatoms. The van der Waals surface area contributed by atoms with Crippen LogP contribution in [0.4, 0.5) is 5.69 Å². The molecule has 0 amide bonds. The Morgan fingerprint density at radius 3 is 2.60 bits per heavy atom. The van der Waals surface area contributed by atoms with Crippen molar-refractivity contribution < 1.29 is 4.42 Å². The number of fused-ring (bicyclic) bond motifs is 1. The lowest BCUT2D eigenvalue weighted by Gasteiger charge is -1.99. The highest BCUT2D eigenvalue weighted by atomic mass is 16.3. The first kappa shape index (κ1) is 12.0. The Bertz CT molecular complexity index is 764. The third kappa shape index (κ3) is 2.38. The number of allylic oxidation sites excluding steroid dienone is 1. The zero-order valence-electron chi connectivity index (χ0n) is 10.6. The highest BCUT2D eigenvalue weighted by molar-refractivity contribution is 5.80. The molecule has 0 saturated heterocycles. The van der Waals surface area contributed by atoms with Crippen LogP contribution in [0.15, 0.2) is 65.2 Å². The maximum Gasteiger partial charge on any atom is 0.239 e. The molecule has 4 nitrogen and oxygen atoms in total. The van der Waals surface area contributed by atoms with Gasteiger partial charge in [-0.2, -0.15) is 5.26 Å². The number of rotatable bonds is 3. The molecule has 0 atom stereocenters. The first-order valence-electron chi connectivity index (χ1n) is 6.14. The molecule has 0 aliphatic rings. The number of anilines is 1. The summed E-state index contributed by atoms with van der Waals surface area (Å²) in [6, 6.07) is 19.1. The van der Waals surface area contributed by atoms with Gasteiger partial charge in [-0.05, 0) is 24.3 Å². The molecule has 1 aromatic heterocycles. The van der Waals surface area contributed by atoms with Gasteiger partial charge in [0.05, 0.1) is 0 Å². The number of hydrogen-bond donors (Lipinski definition) is 1. The van der Waals surface area contributed by atoms with Crippen molar-refractivity contribution in [2.24, 2.45) is 0 Å². The fraction of sp³-hybridized carbons (Fsp3) is 0. The Balaban J connectivity index is 1.91. The molecule has 1 N–H and O–H groups in total. The predicted octanol–water partition coefficient (Wildman–Crippen LogP) is 3.80. The van der Waals surface area contributed by atoms with E-state index in [9.17, 15) is 5.26 Å². The summed E-state index contributed by atoms with van der Waals surface area (Å²) in [6.45, 7) is 0. The van der Waals surface area contributed by atoms with Gasteiger partial charge in [-0.15, -0.1) is 0 Å². The van der Waals surface area contributed by atoms with E-state index in [2.05, 4.69) is 16.4 Å². The van der Waals surface area contributed by atoms with E-state index < -0.39 is 0 Å². The highest BCUT2D eigenvalue weighted by Crippen LogP contribution is 2.20. The summed E-state index contributed by atoms with van der Waals surface area (Å²) in [5.74, 6) is 0.317. The average molecular weight is 261 g/mol. The third-order valence-corrected chi connectivity index (χ3v) is 2.80. The minimum atomic E-state index is 0.317. The second-order valence-electron chi connectivity index (χ2n) is 4.17. The number of para-hydroxylation sites is 3. The lowest BCUT2D eigenvalue weighted by atomic mass is 10.3. The van der Waals surface area contributed by atoms with Crippen LogP contribution in [0.3, 0.4) is 0 Å². The smallest absolute Gasteiger partial charge is 0.239 e. The third-order valence-electron chi connectivity index (χ3n) is 2.80. The van der Waals surface area contributed by atoms with E-state index in [1.807, 2.05) is 54.6 Å². The fourth-order valence-corrected chi connectivity index (χ4v) is 1.82. The largest absolute Gasteiger partial charge is 0.435 e. The molecule has 3 aromatic rings. The first-order chi connectivity index (χ1) is 9.86. The van der Waals surface area contributed by atoms with Gasteiger partial charge in [0, 0.05) is 11.9 Å². The van der Waals surface area contributed by atoms with E-state index in [4.69, 9.17) is 4.42 Å². The van der Waals surface area contributed by atoms with Crippen LogP contribution in [0.5, 0.6) is 0 Å². The molecule has 20 heavy (non-hydrogen) atoms. The van der Waals surface area contributed by atoms with Crippen LogP contribution in [0.1, 0.15) is 5.89 Å². The number of nitrogens with one attached hydrogen (secondary N) is 1. The summed E-state index contributed by atoms with van der Waals surface area (Å²) in [5.41, 5.74) is 2.66. The Morgan fingerprint density at radius 2 is 1.85 bits per heavy atom. The summed E-state index contributed by atoms with van der Waals surface area (Å²) in [6.07, 6.45) is 1.60. The van der Waals surface area contributed by atoms with Crippen molar-refractivity contribution >= 4 is 22.4 Å². The fourth-order valence-electron chi connectivity index (χ4n) is 1.82. The van der Waals surface area contributed by atoms with Gasteiger partial charge in [-0.25, -0.2) is 4.98 Å². The van der Waals surface area contributed by atoms with E-state index >= 15 is 0 Å². The van der Waals surface area contributed by atoms with Crippen LogP contribution in [0.2, 0.25) is 0 Å². The number of aromatic nitrogens is 1. The second kappa shape index (κ2) is 5.29. The first-order valence-corrected chi connectivity index (χ1v) is 6.14. The van der Waals surface area contributed by atoms with Gasteiger partial charge in [0.15, 0.2) is 5.58 Å². The minimum Gasteiger partial charge on any atom is -0.435 e. The van der Waals surface area contributed by atoms with Crippen LogP contribution in [0, 0.1) is 11.3 Å². The molecular formula is C16H11N3O. The summed E-state index contributed by atoms with van der Waals surface area (Å²) < 4.78 is 5.57.